The number of para-hydroxylation sites is 1. The fourth-order valence-electron chi connectivity index (χ4n) is 3.71. The van der Waals surface area contributed by atoms with Crippen molar-refractivity contribution < 1.29 is 5.11 Å². The molecule has 1 N–H and O–H groups in total. The molecule has 0 aliphatic heterocycles. The van der Waals surface area contributed by atoms with Crippen molar-refractivity contribution in [2.45, 2.75) is 6.16 Å². The highest BCUT2D eigenvalue weighted by atomic mass is 127. The zero-order valence-corrected chi connectivity index (χ0v) is 18.4. The van der Waals surface area contributed by atoms with Crippen molar-refractivity contribution >= 4 is 45.8 Å². The second-order valence-electron chi connectivity index (χ2n) is 6.75. The molecule has 4 aromatic carbocycles. The highest BCUT2D eigenvalue weighted by Crippen LogP contribution is 2.59. The van der Waals surface area contributed by atoms with Gasteiger partial charge >= 0.3 is 0 Å². The zero-order chi connectivity index (χ0) is 19.4. The van der Waals surface area contributed by atoms with Gasteiger partial charge in [-0.05, 0) is 76.7 Å². The molecule has 0 radical (unpaired) electrons. The molecule has 0 saturated carbocycles. The zero-order valence-electron chi connectivity index (χ0n) is 15.4. The predicted octanol–water partition coefficient (Wildman–Crippen LogP) is 5.49. The van der Waals surface area contributed by atoms with Crippen LogP contribution in [-0.2, 0) is 6.16 Å². The third-order valence-electron chi connectivity index (χ3n) is 5.02. The molecule has 3 heteroatoms. The maximum atomic E-state index is 10.9. The van der Waals surface area contributed by atoms with Crippen molar-refractivity contribution in [2.75, 3.05) is 0 Å². The van der Waals surface area contributed by atoms with E-state index in [9.17, 15) is 5.11 Å². The van der Waals surface area contributed by atoms with Gasteiger partial charge in [0, 0.05) is 3.57 Å². The van der Waals surface area contributed by atoms with Crippen LogP contribution in [0.25, 0.3) is 0 Å². The number of hydrogen-bond acceptors (Lipinski definition) is 1. The molecule has 0 unspecified atom stereocenters. The van der Waals surface area contributed by atoms with Gasteiger partial charge in [-0.25, -0.2) is 0 Å². The van der Waals surface area contributed by atoms with Crippen molar-refractivity contribution in [1.82, 2.24) is 0 Å². The Morgan fingerprint density at radius 3 is 1.64 bits per heavy atom. The minimum atomic E-state index is -2.08. The lowest BCUT2D eigenvalue weighted by atomic mass is 10.2. The van der Waals surface area contributed by atoms with E-state index in [4.69, 9.17) is 0 Å². The predicted molar refractivity (Wildman–Crippen MR) is 130 cm³/mol. The van der Waals surface area contributed by atoms with Crippen LogP contribution in [-0.4, -0.2) is 5.11 Å². The summed E-state index contributed by atoms with van der Waals surface area (Å²) in [4.78, 5) is 0. The van der Waals surface area contributed by atoms with E-state index < -0.39 is 7.26 Å². The second-order valence-corrected chi connectivity index (χ2v) is 11.5. The molecule has 0 fully saturated rings. The van der Waals surface area contributed by atoms with E-state index in [0.717, 1.165) is 11.5 Å². The van der Waals surface area contributed by atoms with Crippen LogP contribution in [0.5, 0.6) is 5.75 Å². The lowest BCUT2D eigenvalue weighted by Crippen LogP contribution is -2.32. The van der Waals surface area contributed by atoms with Crippen LogP contribution in [0.15, 0.2) is 109 Å². The minimum Gasteiger partial charge on any atom is -0.504 e. The molecule has 1 nitrogen and oxygen atoms in total. The third kappa shape index (κ3) is 3.72. The fraction of sp³-hybridized carbons (Fsp3) is 0.0400. The van der Waals surface area contributed by atoms with Crippen molar-refractivity contribution in [3.05, 3.63) is 118 Å². The fourth-order valence-corrected chi connectivity index (χ4v) is 8.39. The molecule has 0 amide bonds. The molecule has 0 spiro atoms. The number of benzene rings is 4. The third-order valence-corrected chi connectivity index (χ3v) is 10.1. The Balaban J connectivity index is 2.02. The van der Waals surface area contributed by atoms with Gasteiger partial charge < -0.3 is 5.11 Å². The summed E-state index contributed by atoms with van der Waals surface area (Å²) in [5, 5.41) is 14.5. The van der Waals surface area contributed by atoms with Crippen molar-refractivity contribution in [2.24, 2.45) is 0 Å². The molecule has 0 heterocycles. The molecular weight excluding hydrogens is 474 g/mol. The van der Waals surface area contributed by atoms with Gasteiger partial charge in [0.25, 0.3) is 0 Å². The van der Waals surface area contributed by atoms with Gasteiger partial charge in [0.15, 0.2) is 5.75 Å². The molecule has 0 saturated heterocycles. The minimum absolute atomic E-state index is 0.369. The van der Waals surface area contributed by atoms with Crippen molar-refractivity contribution in [1.29, 1.82) is 0 Å². The number of phenolic OH excluding ortho intramolecular Hbond substituents is 1. The summed E-state index contributed by atoms with van der Waals surface area (Å²) in [6.45, 7) is 0. The van der Waals surface area contributed by atoms with Crippen LogP contribution in [0.4, 0.5) is 0 Å². The molecule has 0 bridgehead atoms. The first-order chi connectivity index (χ1) is 13.7. The SMILES string of the molecule is Oc1ccccc1[P+](Cc1ccc(I)cc1)(c1ccccc1)c1ccccc1. The molecule has 4 aromatic rings. The first-order valence-corrected chi connectivity index (χ1v) is 12.3. The maximum Gasteiger partial charge on any atom is 0.158 e. The molecule has 138 valence electrons. The first kappa shape index (κ1) is 19.2. The number of aromatic hydroxyl groups is 1. The summed E-state index contributed by atoms with van der Waals surface area (Å²) >= 11 is 2.34. The topological polar surface area (TPSA) is 20.2 Å². The van der Waals surface area contributed by atoms with Crippen LogP contribution in [0.2, 0.25) is 0 Å². The molecule has 0 aliphatic rings. The normalized spacial score (nSPS) is 11.3. The highest BCUT2D eigenvalue weighted by molar-refractivity contribution is 14.1. The number of phenols is 1. The first-order valence-electron chi connectivity index (χ1n) is 9.22. The summed E-state index contributed by atoms with van der Waals surface area (Å²) in [6.07, 6.45) is 0.871. The summed E-state index contributed by atoms with van der Waals surface area (Å²) in [5.74, 6) is 0.369. The largest absolute Gasteiger partial charge is 0.504 e. The van der Waals surface area contributed by atoms with Gasteiger partial charge in [0.05, 0.1) is 6.16 Å². The van der Waals surface area contributed by atoms with E-state index in [0.29, 0.717) is 5.75 Å². The van der Waals surface area contributed by atoms with Crippen LogP contribution < -0.4 is 15.9 Å². The Labute approximate surface area is 180 Å². The molecule has 0 aliphatic carbocycles. The van der Waals surface area contributed by atoms with Gasteiger partial charge in [-0.15, -0.1) is 0 Å². The molecule has 0 aromatic heterocycles. The number of hydrogen-bond donors (Lipinski definition) is 1. The monoisotopic (exact) mass is 495 g/mol. The molecule has 4 rings (SSSR count). The number of rotatable bonds is 5. The van der Waals surface area contributed by atoms with Gasteiger partial charge in [0.2, 0.25) is 0 Å². The quantitative estimate of drug-likeness (QED) is 0.287. The van der Waals surface area contributed by atoms with Gasteiger partial charge in [-0.1, -0.05) is 60.7 Å². The van der Waals surface area contributed by atoms with Crippen LogP contribution >= 0.6 is 29.9 Å². The van der Waals surface area contributed by atoms with Crippen LogP contribution in [0.1, 0.15) is 5.56 Å². The maximum absolute atomic E-state index is 10.9. The molecule has 0 atom stereocenters. The van der Waals surface area contributed by atoms with E-state index >= 15 is 0 Å². The lowest BCUT2D eigenvalue weighted by molar-refractivity contribution is 0.479. The average Bonchev–Trinajstić information content (AvgIpc) is 2.75. The van der Waals surface area contributed by atoms with Gasteiger partial charge in [-0.3, -0.25) is 0 Å². The summed E-state index contributed by atoms with van der Waals surface area (Å²) in [7, 11) is -2.08. The highest BCUT2D eigenvalue weighted by Gasteiger charge is 2.47. The lowest BCUT2D eigenvalue weighted by Gasteiger charge is -2.28. The summed E-state index contributed by atoms with van der Waals surface area (Å²) in [5.41, 5.74) is 1.28. The van der Waals surface area contributed by atoms with Gasteiger partial charge in [0.1, 0.15) is 23.2 Å². The van der Waals surface area contributed by atoms with E-state index in [2.05, 4.69) is 114 Å². The molecular formula is C25H21IOP+. The van der Waals surface area contributed by atoms with Crippen LogP contribution in [0, 0.1) is 3.57 Å². The van der Waals surface area contributed by atoms with E-state index in [1.54, 1.807) is 0 Å². The van der Waals surface area contributed by atoms with Crippen molar-refractivity contribution in [3.63, 3.8) is 0 Å². The smallest absolute Gasteiger partial charge is 0.158 e. The molecule has 28 heavy (non-hydrogen) atoms. The Morgan fingerprint density at radius 2 is 1.11 bits per heavy atom. The Bertz CT molecular complexity index is 1010. The average molecular weight is 495 g/mol. The van der Waals surface area contributed by atoms with E-state index in [1.807, 2.05) is 18.2 Å². The standard InChI is InChI=1S/C25H20IOP/c26-21-17-15-20(16-18-21)19-28(22-9-3-1-4-10-22,23-11-5-2-6-12-23)25-14-8-7-13-24(25)27/h1-18H,19H2/p+1. The second kappa shape index (κ2) is 8.46. The Kier molecular flexibility index (Phi) is 5.79. The van der Waals surface area contributed by atoms with Crippen LogP contribution in [0.3, 0.4) is 0 Å². The Morgan fingerprint density at radius 1 is 0.607 bits per heavy atom. The van der Waals surface area contributed by atoms with E-state index in [1.165, 1.54) is 19.7 Å². The van der Waals surface area contributed by atoms with E-state index in [-0.39, 0.29) is 0 Å². The Hall–Kier alpha value is -2.16. The summed E-state index contributed by atoms with van der Waals surface area (Å²) in [6, 6.07) is 37.9. The van der Waals surface area contributed by atoms with Crippen molar-refractivity contribution in [3.8, 4) is 5.75 Å². The number of halogens is 1. The summed E-state index contributed by atoms with van der Waals surface area (Å²) < 4.78 is 1.23. The van der Waals surface area contributed by atoms with Gasteiger partial charge in [-0.2, -0.15) is 0 Å².